The van der Waals surface area contributed by atoms with Gasteiger partial charge in [-0.15, -0.1) is 0 Å². The third-order valence-corrected chi connectivity index (χ3v) is 2.53. The maximum absolute atomic E-state index is 4.93. The first kappa shape index (κ1) is 9.23. The summed E-state index contributed by atoms with van der Waals surface area (Å²) in [7, 11) is 0.743. The molecule has 0 saturated carbocycles. The van der Waals surface area contributed by atoms with Crippen molar-refractivity contribution < 1.29 is 4.43 Å². The molecule has 0 N–H and O–H groups in total. The molecule has 0 aromatic carbocycles. The van der Waals surface area contributed by atoms with Gasteiger partial charge in [0, 0.05) is 5.75 Å². The predicted octanol–water partition coefficient (Wildman–Crippen LogP) is -0.231. The van der Waals surface area contributed by atoms with Crippen molar-refractivity contribution in [1.29, 1.82) is 0 Å². The summed E-state index contributed by atoms with van der Waals surface area (Å²) in [5.41, 5.74) is 0. The quantitative estimate of drug-likeness (QED) is 0.314. The van der Waals surface area contributed by atoms with Crippen molar-refractivity contribution in [3.63, 3.8) is 0 Å². The Morgan fingerprint density at radius 2 is 2.00 bits per heavy atom. The SMILES string of the molecule is [SiH3]OCC(S)(S)CS. The molecule has 0 aromatic rings. The Kier molecular flexibility index (Phi) is 4.74. The third kappa shape index (κ3) is 4.14. The van der Waals surface area contributed by atoms with Gasteiger partial charge in [0.05, 0.1) is 10.7 Å². The lowest BCUT2D eigenvalue weighted by Gasteiger charge is -2.17. The average molecular weight is 186 g/mol. The van der Waals surface area contributed by atoms with Gasteiger partial charge in [-0.1, -0.05) is 0 Å². The standard InChI is InChI=1S/C3H10OS3Si/c5-2-3(6,7)1-4-8/h5-7H,1-2H2,8H3. The molecule has 0 aromatic heterocycles. The zero-order valence-electron chi connectivity index (χ0n) is 4.66. The van der Waals surface area contributed by atoms with Crippen LogP contribution in [0.3, 0.4) is 0 Å². The molecule has 0 unspecified atom stereocenters. The van der Waals surface area contributed by atoms with E-state index in [1.54, 1.807) is 0 Å². The van der Waals surface area contributed by atoms with E-state index in [9.17, 15) is 0 Å². The highest BCUT2D eigenvalue weighted by Gasteiger charge is 2.16. The summed E-state index contributed by atoms with van der Waals surface area (Å²) in [6.07, 6.45) is 0. The fourth-order valence-electron chi connectivity index (χ4n) is 0.277. The number of thiol groups is 3. The minimum Gasteiger partial charge on any atom is -0.426 e. The Bertz CT molecular complexity index is 67.5. The van der Waals surface area contributed by atoms with E-state index in [4.69, 9.17) is 4.43 Å². The highest BCUT2D eigenvalue weighted by molar-refractivity contribution is 8.02. The van der Waals surface area contributed by atoms with Gasteiger partial charge >= 0.3 is 0 Å². The Balaban J connectivity index is 3.37. The van der Waals surface area contributed by atoms with Gasteiger partial charge in [0.2, 0.25) is 0 Å². The molecule has 1 nitrogen and oxygen atoms in total. The van der Waals surface area contributed by atoms with Gasteiger partial charge in [-0.2, -0.15) is 37.9 Å². The third-order valence-electron chi connectivity index (χ3n) is 0.629. The fraction of sp³-hybridized carbons (Fsp3) is 1.00. The van der Waals surface area contributed by atoms with E-state index in [0.717, 1.165) is 10.5 Å². The lowest BCUT2D eigenvalue weighted by Crippen LogP contribution is -2.22. The highest BCUT2D eigenvalue weighted by atomic mass is 32.2. The van der Waals surface area contributed by atoms with Gasteiger partial charge in [0.15, 0.2) is 0 Å². The summed E-state index contributed by atoms with van der Waals surface area (Å²) in [5, 5.41) is 0. The van der Waals surface area contributed by atoms with Crippen LogP contribution in [0.15, 0.2) is 0 Å². The first-order chi connectivity index (χ1) is 3.62. The van der Waals surface area contributed by atoms with Crippen LogP contribution in [0.1, 0.15) is 0 Å². The van der Waals surface area contributed by atoms with Crippen molar-refractivity contribution in [2.45, 2.75) is 4.08 Å². The molecule has 0 heterocycles. The van der Waals surface area contributed by atoms with Gasteiger partial charge in [-0.05, 0) is 0 Å². The molecule has 0 bridgehead atoms. The van der Waals surface area contributed by atoms with Crippen molar-refractivity contribution in [3.05, 3.63) is 0 Å². The molecule has 0 aliphatic heterocycles. The summed E-state index contributed by atoms with van der Waals surface area (Å²) >= 11 is 12.3. The summed E-state index contributed by atoms with van der Waals surface area (Å²) in [5.74, 6) is 0.626. The molecular weight excluding hydrogens is 176 g/mol. The highest BCUT2D eigenvalue weighted by Crippen LogP contribution is 2.20. The van der Waals surface area contributed by atoms with E-state index in [0.29, 0.717) is 12.4 Å². The zero-order valence-corrected chi connectivity index (χ0v) is 9.35. The Morgan fingerprint density at radius 3 is 2.12 bits per heavy atom. The summed E-state index contributed by atoms with van der Waals surface area (Å²) in [6.45, 7) is 0.578. The lowest BCUT2D eigenvalue weighted by atomic mass is 10.5. The van der Waals surface area contributed by atoms with E-state index < -0.39 is 0 Å². The molecule has 5 heteroatoms. The van der Waals surface area contributed by atoms with Crippen LogP contribution in [0.2, 0.25) is 0 Å². The van der Waals surface area contributed by atoms with E-state index >= 15 is 0 Å². The number of hydrogen-bond acceptors (Lipinski definition) is 4. The van der Waals surface area contributed by atoms with Crippen LogP contribution in [-0.4, -0.2) is 26.9 Å². The van der Waals surface area contributed by atoms with Crippen LogP contribution in [-0.2, 0) is 4.43 Å². The van der Waals surface area contributed by atoms with E-state index in [1.165, 1.54) is 0 Å². The fourth-order valence-corrected chi connectivity index (χ4v) is 1.61. The predicted molar refractivity (Wildman–Crippen MR) is 50.4 cm³/mol. The minimum absolute atomic E-state index is 0.342. The van der Waals surface area contributed by atoms with Gasteiger partial charge < -0.3 is 4.43 Å². The van der Waals surface area contributed by atoms with Crippen LogP contribution >= 0.6 is 37.9 Å². The van der Waals surface area contributed by atoms with Gasteiger partial charge in [0.25, 0.3) is 0 Å². The minimum atomic E-state index is -0.342. The Hall–Kier alpha value is 1.23. The molecular formula is C3H10OS3Si. The second kappa shape index (κ2) is 4.11. The number of rotatable bonds is 3. The first-order valence-corrected chi connectivity index (χ1v) is 4.51. The summed E-state index contributed by atoms with van der Waals surface area (Å²) in [4.78, 5) is 0. The van der Waals surface area contributed by atoms with Crippen LogP contribution in [0.5, 0.6) is 0 Å². The maximum Gasteiger partial charge on any atom is 0.146 e. The molecule has 0 amide bonds. The first-order valence-electron chi connectivity index (χ1n) is 2.17. The summed E-state index contributed by atoms with van der Waals surface area (Å²) in [6, 6.07) is 0. The molecule has 0 spiro atoms. The largest absolute Gasteiger partial charge is 0.426 e. The van der Waals surface area contributed by atoms with E-state index in [1.807, 2.05) is 0 Å². The van der Waals surface area contributed by atoms with E-state index in [2.05, 4.69) is 37.9 Å². The smallest absolute Gasteiger partial charge is 0.146 e. The average Bonchev–Trinajstić information content (AvgIpc) is 1.67. The van der Waals surface area contributed by atoms with Gasteiger partial charge in [-0.3, -0.25) is 0 Å². The van der Waals surface area contributed by atoms with Crippen LogP contribution in [0.25, 0.3) is 0 Å². The van der Waals surface area contributed by atoms with Crippen molar-refractivity contribution in [3.8, 4) is 0 Å². The normalized spacial score (nSPS) is 12.4. The maximum atomic E-state index is 4.93. The zero-order chi connectivity index (χ0) is 6.62. The lowest BCUT2D eigenvalue weighted by molar-refractivity contribution is 0.347. The Labute approximate surface area is 69.3 Å². The van der Waals surface area contributed by atoms with E-state index in [-0.39, 0.29) is 4.08 Å². The molecule has 0 rings (SSSR count). The topological polar surface area (TPSA) is 9.23 Å². The molecule has 0 fully saturated rings. The van der Waals surface area contributed by atoms with Crippen molar-refractivity contribution in [2.75, 3.05) is 12.4 Å². The molecule has 50 valence electrons. The Morgan fingerprint density at radius 1 is 1.50 bits per heavy atom. The second-order valence-electron chi connectivity index (χ2n) is 1.57. The molecule has 0 aliphatic carbocycles. The van der Waals surface area contributed by atoms with Crippen LogP contribution in [0, 0.1) is 0 Å². The van der Waals surface area contributed by atoms with Crippen molar-refractivity contribution >= 4 is 48.4 Å². The summed E-state index contributed by atoms with van der Waals surface area (Å²) < 4.78 is 4.59. The number of hydrogen-bond donors (Lipinski definition) is 3. The van der Waals surface area contributed by atoms with Crippen LogP contribution in [0.4, 0.5) is 0 Å². The second-order valence-corrected chi connectivity index (χ2v) is 4.53. The van der Waals surface area contributed by atoms with Gasteiger partial charge in [-0.25, -0.2) is 0 Å². The van der Waals surface area contributed by atoms with Gasteiger partial charge in [0.1, 0.15) is 10.5 Å². The molecule has 0 saturated heterocycles. The van der Waals surface area contributed by atoms with Crippen LogP contribution < -0.4 is 0 Å². The molecule has 8 heavy (non-hydrogen) atoms. The monoisotopic (exact) mass is 186 g/mol. The molecule has 0 radical (unpaired) electrons. The molecule has 0 aliphatic rings. The molecule has 0 atom stereocenters. The van der Waals surface area contributed by atoms with Crippen molar-refractivity contribution in [2.24, 2.45) is 0 Å². The van der Waals surface area contributed by atoms with Crippen molar-refractivity contribution in [1.82, 2.24) is 0 Å².